The van der Waals surface area contributed by atoms with E-state index in [1.54, 1.807) is 0 Å². The van der Waals surface area contributed by atoms with Crippen LogP contribution in [0.25, 0.3) is 0 Å². The molecule has 8 heteroatoms. The molecule has 0 aromatic carbocycles. The van der Waals surface area contributed by atoms with E-state index in [-0.39, 0.29) is 12.1 Å². The molecule has 2 aliphatic rings. The van der Waals surface area contributed by atoms with E-state index in [0.717, 1.165) is 71.0 Å². The SMILES string of the molecule is CN=C(NCC(C)CN1CCOCC1)NC1CCC(NC(=O)OC(C)(C)C)CC1. The van der Waals surface area contributed by atoms with Gasteiger partial charge >= 0.3 is 6.09 Å². The third-order valence-corrected chi connectivity index (χ3v) is 5.30. The van der Waals surface area contributed by atoms with E-state index in [2.05, 4.69) is 32.8 Å². The standard InChI is InChI=1S/C21H41N5O3/c1-16(15-26-10-12-28-13-11-26)14-23-19(22-5)24-17-6-8-18(9-7-17)25-20(27)29-21(2,3)4/h16-18H,6-15H2,1-5H3,(H,25,27)(H2,22,23,24). The smallest absolute Gasteiger partial charge is 0.407 e. The molecule has 1 saturated heterocycles. The summed E-state index contributed by atoms with van der Waals surface area (Å²) in [4.78, 5) is 18.8. The first kappa shape index (κ1) is 23.7. The highest BCUT2D eigenvalue weighted by Gasteiger charge is 2.25. The Hall–Kier alpha value is -1.54. The van der Waals surface area contributed by atoms with Crippen molar-refractivity contribution in [2.24, 2.45) is 10.9 Å². The summed E-state index contributed by atoms with van der Waals surface area (Å²) in [6.07, 6.45) is 3.58. The molecular weight excluding hydrogens is 370 g/mol. The summed E-state index contributed by atoms with van der Waals surface area (Å²) in [7, 11) is 1.82. The van der Waals surface area contributed by atoms with Crippen molar-refractivity contribution in [3.8, 4) is 0 Å². The number of morpholine rings is 1. The number of guanidine groups is 1. The summed E-state index contributed by atoms with van der Waals surface area (Å²) < 4.78 is 10.8. The van der Waals surface area contributed by atoms with Crippen LogP contribution >= 0.6 is 0 Å². The van der Waals surface area contributed by atoms with Gasteiger partial charge in [0.15, 0.2) is 5.96 Å². The third-order valence-electron chi connectivity index (χ3n) is 5.30. The summed E-state index contributed by atoms with van der Waals surface area (Å²) in [6.45, 7) is 13.6. The second-order valence-corrected chi connectivity index (χ2v) is 9.31. The Morgan fingerprint density at radius 2 is 1.72 bits per heavy atom. The van der Waals surface area contributed by atoms with Crippen LogP contribution in [-0.4, -0.2) is 81.1 Å². The van der Waals surface area contributed by atoms with Crippen LogP contribution in [0, 0.1) is 5.92 Å². The molecule has 0 bridgehead atoms. The average molecular weight is 412 g/mol. The molecule has 2 fully saturated rings. The number of ether oxygens (including phenoxy) is 2. The van der Waals surface area contributed by atoms with E-state index in [1.165, 1.54) is 0 Å². The molecule has 0 aromatic heterocycles. The van der Waals surface area contributed by atoms with Gasteiger partial charge < -0.3 is 25.4 Å². The topological polar surface area (TPSA) is 87.2 Å². The fourth-order valence-corrected chi connectivity index (χ4v) is 3.80. The molecule has 1 atom stereocenters. The molecule has 0 aromatic rings. The fraction of sp³-hybridized carbons (Fsp3) is 0.905. The van der Waals surface area contributed by atoms with Gasteiger partial charge in [0.1, 0.15) is 5.60 Å². The first-order valence-corrected chi connectivity index (χ1v) is 11.0. The fourth-order valence-electron chi connectivity index (χ4n) is 3.80. The zero-order valence-corrected chi connectivity index (χ0v) is 18.9. The number of amides is 1. The van der Waals surface area contributed by atoms with Gasteiger partial charge in [-0.15, -0.1) is 0 Å². The van der Waals surface area contributed by atoms with Crippen molar-refractivity contribution in [1.29, 1.82) is 0 Å². The quantitative estimate of drug-likeness (QED) is 0.457. The molecule has 168 valence electrons. The molecule has 0 spiro atoms. The summed E-state index contributed by atoms with van der Waals surface area (Å²) in [6, 6.07) is 0.568. The number of carbonyl (C=O) groups is 1. The highest BCUT2D eigenvalue weighted by molar-refractivity contribution is 5.80. The van der Waals surface area contributed by atoms with Gasteiger partial charge in [-0.2, -0.15) is 0 Å². The highest BCUT2D eigenvalue weighted by atomic mass is 16.6. The van der Waals surface area contributed by atoms with E-state index in [4.69, 9.17) is 9.47 Å². The van der Waals surface area contributed by atoms with Gasteiger partial charge in [0, 0.05) is 45.3 Å². The summed E-state index contributed by atoms with van der Waals surface area (Å²) in [5.74, 6) is 1.41. The minimum atomic E-state index is -0.458. The Bertz CT molecular complexity index is 521. The van der Waals surface area contributed by atoms with Crippen LogP contribution in [-0.2, 0) is 9.47 Å². The number of hydrogen-bond donors (Lipinski definition) is 3. The van der Waals surface area contributed by atoms with Crippen LogP contribution in [0.3, 0.4) is 0 Å². The van der Waals surface area contributed by atoms with E-state index in [9.17, 15) is 4.79 Å². The van der Waals surface area contributed by atoms with Crippen LogP contribution < -0.4 is 16.0 Å². The predicted molar refractivity (Wildman–Crippen MR) is 116 cm³/mol. The normalized spacial score (nSPS) is 25.2. The maximum Gasteiger partial charge on any atom is 0.407 e. The first-order chi connectivity index (χ1) is 13.7. The third kappa shape index (κ3) is 9.67. The average Bonchev–Trinajstić information content (AvgIpc) is 2.65. The van der Waals surface area contributed by atoms with Gasteiger partial charge in [-0.25, -0.2) is 4.79 Å². The van der Waals surface area contributed by atoms with Crippen LogP contribution in [0.5, 0.6) is 0 Å². The number of nitrogens with one attached hydrogen (secondary N) is 3. The van der Waals surface area contributed by atoms with Crippen molar-refractivity contribution < 1.29 is 14.3 Å². The second-order valence-electron chi connectivity index (χ2n) is 9.31. The van der Waals surface area contributed by atoms with Crippen LogP contribution in [0.4, 0.5) is 4.79 Å². The maximum atomic E-state index is 11.9. The lowest BCUT2D eigenvalue weighted by Crippen LogP contribution is -2.49. The number of alkyl carbamates (subject to hydrolysis) is 1. The van der Waals surface area contributed by atoms with Gasteiger partial charge in [-0.3, -0.25) is 9.89 Å². The van der Waals surface area contributed by atoms with Crippen molar-refractivity contribution >= 4 is 12.1 Å². The Morgan fingerprint density at radius 3 is 2.28 bits per heavy atom. The van der Waals surface area contributed by atoms with Gasteiger partial charge in [0.05, 0.1) is 13.2 Å². The van der Waals surface area contributed by atoms with Gasteiger partial charge in [-0.05, 0) is 52.4 Å². The summed E-state index contributed by atoms with van der Waals surface area (Å²) in [5.41, 5.74) is -0.458. The number of rotatable bonds is 6. The van der Waals surface area contributed by atoms with Crippen molar-refractivity contribution in [1.82, 2.24) is 20.9 Å². The predicted octanol–water partition coefficient (Wildman–Crippen LogP) is 1.96. The largest absolute Gasteiger partial charge is 0.444 e. The summed E-state index contributed by atoms with van der Waals surface area (Å²) in [5, 5.41) is 10.00. The molecule has 0 radical (unpaired) electrons. The number of nitrogens with zero attached hydrogens (tertiary/aromatic N) is 2. The maximum absolute atomic E-state index is 11.9. The molecule has 1 aliphatic carbocycles. The van der Waals surface area contributed by atoms with Gasteiger partial charge in [0.25, 0.3) is 0 Å². The van der Waals surface area contributed by atoms with Crippen molar-refractivity contribution in [3.05, 3.63) is 0 Å². The Labute approximate surface area is 176 Å². The summed E-state index contributed by atoms with van der Waals surface area (Å²) >= 11 is 0. The Balaban J connectivity index is 1.64. The van der Waals surface area contributed by atoms with Crippen LogP contribution in [0.2, 0.25) is 0 Å². The molecule has 1 unspecified atom stereocenters. The van der Waals surface area contributed by atoms with Gasteiger partial charge in [0.2, 0.25) is 0 Å². The Morgan fingerprint density at radius 1 is 1.14 bits per heavy atom. The number of carbonyl (C=O) groups excluding carboxylic acids is 1. The molecule has 2 rings (SSSR count). The lowest BCUT2D eigenvalue weighted by atomic mass is 9.91. The lowest BCUT2D eigenvalue weighted by Gasteiger charge is -2.32. The first-order valence-electron chi connectivity index (χ1n) is 11.0. The number of hydrogen-bond acceptors (Lipinski definition) is 5. The molecular formula is C21H41N5O3. The van der Waals surface area contributed by atoms with E-state index in [0.29, 0.717) is 12.0 Å². The van der Waals surface area contributed by atoms with E-state index >= 15 is 0 Å². The monoisotopic (exact) mass is 411 g/mol. The molecule has 8 nitrogen and oxygen atoms in total. The molecule has 1 amide bonds. The Kier molecular flexibility index (Phi) is 9.49. The van der Waals surface area contributed by atoms with Crippen molar-refractivity contribution in [2.45, 2.75) is 71.1 Å². The zero-order valence-electron chi connectivity index (χ0n) is 18.9. The second kappa shape index (κ2) is 11.6. The molecule has 29 heavy (non-hydrogen) atoms. The van der Waals surface area contributed by atoms with E-state index in [1.807, 2.05) is 27.8 Å². The molecule has 1 saturated carbocycles. The molecule has 1 heterocycles. The number of aliphatic imine (C=N–C) groups is 1. The zero-order chi connectivity index (χ0) is 21.3. The molecule has 1 aliphatic heterocycles. The van der Waals surface area contributed by atoms with Crippen molar-refractivity contribution in [3.63, 3.8) is 0 Å². The van der Waals surface area contributed by atoms with Crippen molar-refractivity contribution in [2.75, 3.05) is 46.4 Å². The minimum Gasteiger partial charge on any atom is -0.444 e. The molecule has 3 N–H and O–H groups in total. The van der Waals surface area contributed by atoms with Crippen LogP contribution in [0.15, 0.2) is 4.99 Å². The van der Waals surface area contributed by atoms with Gasteiger partial charge in [-0.1, -0.05) is 6.92 Å². The minimum absolute atomic E-state index is 0.186. The van der Waals surface area contributed by atoms with Crippen LogP contribution in [0.1, 0.15) is 53.4 Å². The van der Waals surface area contributed by atoms with E-state index < -0.39 is 5.60 Å². The lowest BCUT2D eigenvalue weighted by molar-refractivity contribution is 0.0320. The highest BCUT2D eigenvalue weighted by Crippen LogP contribution is 2.19.